The number of amides is 3. The molecule has 152 valence electrons. The first-order chi connectivity index (χ1) is 14.1. The molecule has 2 N–H and O–H groups in total. The highest BCUT2D eigenvalue weighted by Crippen LogP contribution is 2.32. The minimum Gasteiger partial charge on any atom is -0.356 e. The summed E-state index contributed by atoms with van der Waals surface area (Å²) in [5, 5.41) is 6.64. The highest BCUT2D eigenvalue weighted by molar-refractivity contribution is 6.30. The van der Waals surface area contributed by atoms with Crippen LogP contribution < -0.4 is 10.6 Å². The smallest absolute Gasteiger partial charge is 0.321 e. The first-order valence-electron chi connectivity index (χ1n) is 10.2. The van der Waals surface area contributed by atoms with E-state index < -0.39 is 0 Å². The Morgan fingerprint density at radius 2 is 1.72 bits per heavy atom. The van der Waals surface area contributed by atoms with E-state index in [0.29, 0.717) is 29.7 Å². The molecular weight excluding hydrogens is 386 g/mol. The zero-order valence-electron chi connectivity index (χ0n) is 16.3. The summed E-state index contributed by atoms with van der Waals surface area (Å²) in [6, 6.07) is 17.0. The van der Waals surface area contributed by atoms with Crippen molar-refractivity contribution in [2.24, 2.45) is 11.8 Å². The Morgan fingerprint density at radius 3 is 2.41 bits per heavy atom. The Kier molecular flexibility index (Phi) is 6.05. The molecule has 3 amide bonds. The van der Waals surface area contributed by atoms with Gasteiger partial charge in [-0.15, -0.1) is 0 Å². The fourth-order valence-corrected chi connectivity index (χ4v) is 3.99. The molecule has 5 nitrogen and oxygen atoms in total. The summed E-state index contributed by atoms with van der Waals surface area (Å²) in [6.45, 7) is 1.78. The quantitative estimate of drug-likeness (QED) is 0.760. The molecule has 29 heavy (non-hydrogen) atoms. The summed E-state index contributed by atoms with van der Waals surface area (Å²) in [5.41, 5.74) is 1.85. The van der Waals surface area contributed by atoms with E-state index in [-0.39, 0.29) is 23.8 Å². The molecule has 0 bridgehead atoms. The number of urea groups is 1. The minimum atomic E-state index is -0.205. The van der Waals surface area contributed by atoms with Crippen LogP contribution in [0.4, 0.5) is 10.5 Å². The third kappa shape index (κ3) is 5.30. The zero-order chi connectivity index (χ0) is 20.2. The maximum absolute atomic E-state index is 12.9. The van der Waals surface area contributed by atoms with E-state index in [9.17, 15) is 9.59 Å². The predicted octanol–water partition coefficient (Wildman–Crippen LogP) is 4.50. The van der Waals surface area contributed by atoms with Gasteiger partial charge in [0.2, 0.25) is 5.91 Å². The number of halogens is 1. The van der Waals surface area contributed by atoms with Gasteiger partial charge in [-0.1, -0.05) is 41.9 Å². The van der Waals surface area contributed by atoms with Gasteiger partial charge in [0, 0.05) is 36.3 Å². The standard InChI is InChI=1S/C23H26ClN3O2/c24-20-8-10-21(11-9-20)26-23(29)27-14-18(17-4-2-1-3-5-17)12-19(15-27)22(28)25-13-16-6-7-16/h1-5,8-11,16,18-19H,6-7,12-15H2,(H,25,28)(H,26,29). The molecule has 0 radical (unpaired) electrons. The van der Waals surface area contributed by atoms with Crippen molar-refractivity contribution < 1.29 is 9.59 Å². The maximum Gasteiger partial charge on any atom is 0.321 e. The van der Waals surface area contributed by atoms with Crippen LogP contribution in [-0.2, 0) is 4.79 Å². The fraction of sp³-hybridized carbons (Fsp3) is 0.391. The molecule has 2 atom stereocenters. The molecule has 0 spiro atoms. The lowest BCUT2D eigenvalue weighted by molar-refractivity contribution is -0.126. The summed E-state index contributed by atoms with van der Waals surface area (Å²) in [5.74, 6) is 0.625. The van der Waals surface area contributed by atoms with E-state index in [1.54, 1.807) is 29.2 Å². The Bertz CT molecular complexity index is 852. The van der Waals surface area contributed by atoms with Crippen LogP contribution in [0.3, 0.4) is 0 Å². The highest BCUT2D eigenvalue weighted by atomic mass is 35.5. The second-order valence-corrected chi connectivity index (χ2v) is 8.51. The Hall–Kier alpha value is -2.53. The van der Waals surface area contributed by atoms with Crippen molar-refractivity contribution in [3.05, 3.63) is 65.2 Å². The number of rotatable bonds is 5. The van der Waals surface area contributed by atoms with Gasteiger partial charge < -0.3 is 15.5 Å². The molecule has 1 saturated heterocycles. The summed E-state index contributed by atoms with van der Waals surface area (Å²) in [7, 11) is 0. The van der Waals surface area contributed by atoms with Crippen LogP contribution >= 0.6 is 11.6 Å². The molecule has 4 rings (SSSR count). The molecule has 2 aromatic carbocycles. The second kappa shape index (κ2) is 8.87. The average molecular weight is 412 g/mol. The third-order valence-electron chi connectivity index (χ3n) is 5.74. The number of carbonyl (C=O) groups is 2. The van der Waals surface area contributed by atoms with Gasteiger partial charge >= 0.3 is 6.03 Å². The average Bonchev–Trinajstić information content (AvgIpc) is 3.58. The molecule has 2 aliphatic rings. The summed E-state index contributed by atoms with van der Waals surface area (Å²) in [4.78, 5) is 27.5. The van der Waals surface area contributed by atoms with Crippen molar-refractivity contribution in [3.63, 3.8) is 0 Å². The third-order valence-corrected chi connectivity index (χ3v) is 5.99. The number of hydrogen-bond acceptors (Lipinski definition) is 2. The van der Waals surface area contributed by atoms with E-state index >= 15 is 0 Å². The molecule has 6 heteroatoms. The molecule has 1 heterocycles. The SMILES string of the molecule is O=C(NCC1CC1)C1CC(c2ccccc2)CN(C(=O)Nc2ccc(Cl)cc2)C1. The van der Waals surface area contributed by atoms with Crippen LogP contribution in [0.15, 0.2) is 54.6 Å². The molecule has 1 aliphatic heterocycles. The van der Waals surface area contributed by atoms with Crippen LogP contribution in [0, 0.1) is 11.8 Å². The minimum absolute atomic E-state index is 0.0572. The van der Waals surface area contributed by atoms with Gasteiger partial charge in [0.25, 0.3) is 0 Å². The van der Waals surface area contributed by atoms with Crippen molar-refractivity contribution in [3.8, 4) is 0 Å². The summed E-state index contributed by atoms with van der Waals surface area (Å²) < 4.78 is 0. The molecule has 2 unspecified atom stereocenters. The van der Waals surface area contributed by atoms with Crippen molar-refractivity contribution in [1.29, 1.82) is 0 Å². The van der Waals surface area contributed by atoms with Crippen LogP contribution in [0.1, 0.15) is 30.7 Å². The lowest BCUT2D eigenvalue weighted by Crippen LogP contribution is -2.49. The van der Waals surface area contributed by atoms with Gasteiger partial charge in [-0.05, 0) is 55.0 Å². The molecule has 1 saturated carbocycles. The van der Waals surface area contributed by atoms with E-state index in [1.165, 1.54) is 12.8 Å². The molecule has 0 aromatic heterocycles. The predicted molar refractivity (Wildman–Crippen MR) is 115 cm³/mol. The summed E-state index contributed by atoms with van der Waals surface area (Å²) >= 11 is 5.93. The van der Waals surface area contributed by atoms with E-state index in [1.807, 2.05) is 18.2 Å². The molecular formula is C23H26ClN3O2. The summed E-state index contributed by atoms with van der Waals surface area (Å²) in [6.07, 6.45) is 3.16. The van der Waals surface area contributed by atoms with Gasteiger partial charge in [-0.25, -0.2) is 4.79 Å². The van der Waals surface area contributed by atoms with E-state index in [4.69, 9.17) is 11.6 Å². The van der Waals surface area contributed by atoms with Crippen molar-refractivity contribution >= 4 is 29.2 Å². The number of carbonyl (C=O) groups excluding carboxylic acids is 2. The first-order valence-corrected chi connectivity index (χ1v) is 10.6. The van der Waals surface area contributed by atoms with Crippen LogP contribution in [0.2, 0.25) is 5.02 Å². The highest BCUT2D eigenvalue weighted by Gasteiger charge is 2.35. The topological polar surface area (TPSA) is 61.4 Å². The van der Waals surface area contributed by atoms with Crippen molar-refractivity contribution in [1.82, 2.24) is 10.2 Å². The number of nitrogens with zero attached hydrogens (tertiary/aromatic N) is 1. The zero-order valence-corrected chi connectivity index (χ0v) is 17.1. The van der Waals surface area contributed by atoms with Crippen molar-refractivity contribution in [2.75, 3.05) is 25.0 Å². The van der Waals surface area contributed by atoms with Crippen LogP contribution in [-0.4, -0.2) is 36.5 Å². The lowest BCUT2D eigenvalue weighted by atomic mass is 9.84. The number of nitrogens with one attached hydrogen (secondary N) is 2. The van der Waals surface area contributed by atoms with Gasteiger partial charge in [0.1, 0.15) is 0 Å². The second-order valence-electron chi connectivity index (χ2n) is 8.07. The molecule has 2 fully saturated rings. The Balaban J connectivity index is 1.47. The van der Waals surface area contributed by atoms with E-state index in [0.717, 1.165) is 18.5 Å². The van der Waals surface area contributed by atoms with Gasteiger partial charge in [-0.2, -0.15) is 0 Å². The normalized spacial score (nSPS) is 21.5. The van der Waals surface area contributed by atoms with Crippen molar-refractivity contribution in [2.45, 2.75) is 25.2 Å². The van der Waals surface area contributed by atoms with Gasteiger partial charge in [0.15, 0.2) is 0 Å². The monoisotopic (exact) mass is 411 g/mol. The number of piperidine rings is 1. The van der Waals surface area contributed by atoms with Gasteiger partial charge in [0.05, 0.1) is 5.92 Å². The Morgan fingerprint density at radius 1 is 1.00 bits per heavy atom. The number of anilines is 1. The number of likely N-dealkylation sites (tertiary alicyclic amines) is 1. The van der Waals surface area contributed by atoms with Crippen LogP contribution in [0.5, 0.6) is 0 Å². The Labute approximate surface area is 176 Å². The fourth-order valence-electron chi connectivity index (χ4n) is 3.87. The first kappa shape index (κ1) is 19.8. The van der Waals surface area contributed by atoms with E-state index in [2.05, 4.69) is 22.8 Å². The lowest BCUT2D eigenvalue weighted by Gasteiger charge is -2.37. The van der Waals surface area contributed by atoms with Gasteiger partial charge in [-0.3, -0.25) is 4.79 Å². The molecule has 2 aromatic rings. The number of hydrogen-bond donors (Lipinski definition) is 2. The largest absolute Gasteiger partial charge is 0.356 e. The maximum atomic E-state index is 12.9. The number of benzene rings is 2. The molecule has 1 aliphatic carbocycles. The van der Waals surface area contributed by atoms with Crippen LogP contribution in [0.25, 0.3) is 0 Å².